The molecule has 1 aromatic carbocycles. The van der Waals surface area contributed by atoms with Gasteiger partial charge in [0.1, 0.15) is 0 Å². The molecule has 1 aliphatic heterocycles. The van der Waals surface area contributed by atoms with Gasteiger partial charge in [0, 0.05) is 29.6 Å². The molecule has 0 unspecified atom stereocenters. The van der Waals surface area contributed by atoms with Crippen LogP contribution >= 0.6 is 11.6 Å². The molecule has 0 aliphatic carbocycles. The lowest BCUT2D eigenvalue weighted by Gasteiger charge is -2.27. The molecule has 0 saturated carbocycles. The zero-order valence-corrected chi connectivity index (χ0v) is 11.6. The molecule has 1 fully saturated rings. The SMILES string of the molecule is O=C(C#Cc1ccc(Cl)cc1)C1CCN(C(=O)O)CC1. The predicted molar refractivity (Wildman–Crippen MR) is 75.7 cm³/mol. The Kier molecular flexibility index (Phi) is 4.65. The van der Waals surface area contributed by atoms with Gasteiger partial charge in [-0.05, 0) is 43.0 Å². The van der Waals surface area contributed by atoms with Crippen molar-refractivity contribution < 1.29 is 14.7 Å². The molecular weight excluding hydrogens is 278 g/mol. The van der Waals surface area contributed by atoms with Crippen molar-refractivity contribution in [2.24, 2.45) is 5.92 Å². The average Bonchev–Trinajstić information content (AvgIpc) is 2.46. The Balaban J connectivity index is 1.93. The molecule has 1 heterocycles. The number of carboxylic acid groups (broad SMARTS) is 1. The minimum atomic E-state index is -0.928. The highest BCUT2D eigenvalue weighted by Gasteiger charge is 2.25. The van der Waals surface area contributed by atoms with Crippen LogP contribution in [0.1, 0.15) is 18.4 Å². The quantitative estimate of drug-likeness (QED) is 0.809. The van der Waals surface area contributed by atoms with Gasteiger partial charge in [0.2, 0.25) is 5.78 Å². The first-order valence-electron chi connectivity index (χ1n) is 6.35. The summed E-state index contributed by atoms with van der Waals surface area (Å²) in [6.45, 7) is 0.794. The number of rotatable bonds is 1. The van der Waals surface area contributed by atoms with E-state index in [0.29, 0.717) is 31.0 Å². The van der Waals surface area contributed by atoms with E-state index < -0.39 is 6.09 Å². The molecule has 1 amide bonds. The number of nitrogens with zero attached hydrogens (tertiary/aromatic N) is 1. The van der Waals surface area contributed by atoms with Crippen molar-refractivity contribution in [2.45, 2.75) is 12.8 Å². The summed E-state index contributed by atoms with van der Waals surface area (Å²) in [5.74, 6) is 5.17. The number of hydrogen-bond acceptors (Lipinski definition) is 2. The molecular formula is C15H14ClNO3. The summed E-state index contributed by atoms with van der Waals surface area (Å²) in [5.41, 5.74) is 0.741. The number of halogens is 1. The van der Waals surface area contributed by atoms with E-state index >= 15 is 0 Å². The number of hydrogen-bond donors (Lipinski definition) is 1. The number of carbonyl (C=O) groups excluding carboxylic acids is 1. The van der Waals surface area contributed by atoms with Gasteiger partial charge in [-0.25, -0.2) is 4.79 Å². The Hall–Kier alpha value is -1.99. The standard InChI is InChI=1S/C15H14ClNO3/c16-13-4-1-11(2-5-13)3-6-14(18)12-7-9-17(10-8-12)15(19)20/h1-2,4-5,12H,7-10H2,(H,19,20). The van der Waals surface area contributed by atoms with Gasteiger partial charge in [0.25, 0.3) is 0 Å². The highest BCUT2D eigenvalue weighted by molar-refractivity contribution is 6.30. The topological polar surface area (TPSA) is 57.6 Å². The first-order valence-corrected chi connectivity index (χ1v) is 6.73. The summed E-state index contributed by atoms with van der Waals surface area (Å²) >= 11 is 5.77. The van der Waals surface area contributed by atoms with E-state index in [4.69, 9.17) is 16.7 Å². The first-order chi connectivity index (χ1) is 9.56. The van der Waals surface area contributed by atoms with Gasteiger partial charge in [0.05, 0.1) is 0 Å². The average molecular weight is 292 g/mol. The minimum Gasteiger partial charge on any atom is -0.465 e. The third kappa shape index (κ3) is 3.75. The van der Waals surface area contributed by atoms with Crippen LogP contribution in [0, 0.1) is 17.8 Å². The van der Waals surface area contributed by atoms with Gasteiger partial charge in [0.15, 0.2) is 0 Å². The highest BCUT2D eigenvalue weighted by Crippen LogP contribution is 2.18. The third-order valence-corrected chi connectivity index (χ3v) is 3.56. The van der Waals surface area contributed by atoms with Crippen LogP contribution in [0.15, 0.2) is 24.3 Å². The molecule has 1 aromatic rings. The first kappa shape index (κ1) is 14.4. The van der Waals surface area contributed by atoms with E-state index in [9.17, 15) is 9.59 Å². The lowest BCUT2D eigenvalue weighted by atomic mass is 9.93. The molecule has 2 rings (SSSR count). The molecule has 4 nitrogen and oxygen atoms in total. The molecule has 0 atom stereocenters. The molecule has 0 spiro atoms. The summed E-state index contributed by atoms with van der Waals surface area (Å²) in [6, 6.07) is 6.97. The fourth-order valence-electron chi connectivity index (χ4n) is 2.10. The van der Waals surface area contributed by atoms with Crippen LogP contribution in [-0.4, -0.2) is 35.0 Å². The van der Waals surface area contributed by atoms with Crippen LogP contribution in [0.3, 0.4) is 0 Å². The maximum absolute atomic E-state index is 11.9. The zero-order chi connectivity index (χ0) is 14.5. The molecule has 104 valence electrons. The second-order valence-electron chi connectivity index (χ2n) is 4.67. The molecule has 20 heavy (non-hydrogen) atoms. The lowest BCUT2D eigenvalue weighted by molar-refractivity contribution is -0.118. The van der Waals surface area contributed by atoms with Crippen molar-refractivity contribution in [3.63, 3.8) is 0 Å². The Morgan fingerprint density at radius 2 is 1.80 bits per heavy atom. The maximum atomic E-state index is 11.9. The van der Waals surface area contributed by atoms with Crippen LogP contribution in [0.5, 0.6) is 0 Å². The van der Waals surface area contributed by atoms with E-state index in [1.54, 1.807) is 24.3 Å². The number of likely N-dealkylation sites (tertiary alicyclic amines) is 1. The van der Waals surface area contributed by atoms with Crippen molar-refractivity contribution in [1.29, 1.82) is 0 Å². The van der Waals surface area contributed by atoms with Gasteiger partial charge in [-0.3, -0.25) is 4.79 Å². The Morgan fingerprint density at radius 3 is 2.35 bits per heavy atom. The van der Waals surface area contributed by atoms with Crippen LogP contribution in [0.4, 0.5) is 4.79 Å². The number of Topliss-reactive ketones (excluding diaryl/α,β-unsaturated/α-hetero) is 1. The Labute approximate surface area is 122 Å². The molecule has 1 aliphatic rings. The number of ketones is 1. The largest absolute Gasteiger partial charge is 0.465 e. The summed E-state index contributed by atoms with van der Waals surface area (Å²) in [5, 5.41) is 9.47. The molecule has 1 saturated heterocycles. The number of amides is 1. The molecule has 0 aromatic heterocycles. The van der Waals surface area contributed by atoms with Gasteiger partial charge in [-0.2, -0.15) is 0 Å². The van der Waals surface area contributed by atoms with Gasteiger partial charge >= 0.3 is 6.09 Å². The van der Waals surface area contributed by atoms with Crippen molar-refractivity contribution in [3.8, 4) is 11.8 Å². The lowest BCUT2D eigenvalue weighted by Crippen LogP contribution is -2.39. The van der Waals surface area contributed by atoms with E-state index in [0.717, 1.165) is 5.56 Å². The summed E-state index contributed by atoms with van der Waals surface area (Å²) in [7, 11) is 0. The monoisotopic (exact) mass is 291 g/mol. The fourth-order valence-corrected chi connectivity index (χ4v) is 2.23. The number of carbonyl (C=O) groups is 2. The van der Waals surface area contributed by atoms with Gasteiger partial charge in [-0.15, -0.1) is 0 Å². The van der Waals surface area contributed by atoms with Crippen LogP contribution < -0.4 is 0 Å². The van der Waals surface area contributed by atoms with Crippen molar-refractivity contribution in [2.75, 3.05) is 13.1 Å². The minimum absolute atomic E-state index is 0.120. The van der Waals surface area contributed by atoms with Crippen LogP contribution in [0.25, 0.3) is 0 Å². The van der Waals surface area contributed by atoms with Crippen molar-refractivity contribution in [1.82, 2.24) is 4.90 Å². The fraction of sp³-hybridized carbons (Fsp3) is 0.333. The second kappa shape index (κ2) is 6.44. The van der Waals surface area contributed by atoms with Crippen LogP contribution in [-0.2, 0) is 4.79 Å². The van der Waals surface area contributed by atoms with Crippen molar-refractivity contribution in [3.05, 3.63) is 34.9 Å². The van der Waals surface area contributed by atoms with Gasteiger partial charge < -0.3 is 10.0 Å². The number of benzene rings is 1. The van der Waals surface area contributed by atoms with E-state index in [-0.39, 0.29) is 11.7 Å². The highest BCUT2D eigenvalue weighted by atomic mass is 35.5. The van der Waals surface area contributed by atoms with Gasteiger partial charge in [-0.1, -0.05) is 17.5 Å². The molecule has 0 bridgehead atoms. The third-order valence-electron chi connectivity index (χ3n) is 3.31. The Bertz CT molecular complexity index is 563. The summed E-state index contributed by atoms with van der Waals surface area (Å²) in [4.78, 5) is 24.1. The maximum Gasteiger partial charge on any atom is 0.407 e. The normalized spacial score (nSPS) is 15.3. The smallest absolute Gasteiger partial charge is 0.407 e. The van der Waals surface area contributed by atoms with E-state index in [1.807, 2.05) is 0 Å². The molecule has 1 N–H and O–H groups in total. The zero-order valence-electron chi connectivity index (χ0n) is 10.8. The van der Waals surface area contributed by atoms with E-state index in [2.05, 4.69) is 11.8 Å². The summed E-state index contributed by atoms with van der Waals surface area (Å²) in [6.07, 6.45) is 0.157. The molecule has 5 heteroatoms. The summed E-state index contributed by atoms with van der Waals surface area (Å²) < 4.78 is 0. The molecule has 0 radical (unpaired) electrons. The number of piperidine rings is 1. The van der Waals surface area contributed by atoms with Crippen molar-refractivity contribution >= 4 is 23.5 Å². The van der Waals surface area contributed by atoms with E-state index in [1.165, 1.54) is 4.90 Å². The van der Waals surface area contributed by atoms with Crippen LogP contribution in [0.2, 0.25) is 5.02 Å². The predicted octanol–water partition coefficient (Wildman–Crippen LogP) is 2.65. The Morgan fingerprint density at radius 1 is 1.20 bits per heavy atom. The second-order valence-corrected chi connectivity index (χ2v) is 5.10.